The Morgan fingerprint density at radius 1 is 1.29 bits per heavy atom. The summed E-state index contributed by atoms with van der Waals surface area (Å²) in [6, 6.07) is 0. The number of rotatable bonds is 6. The van der Waals surface area contributed by atoms with Crippen molar-refractivity contribution in [1.82, 2.24) is 14.7 Å². The van der Waals surface area contributed by atoms with E-state index in [0.717, 1.165) is 38.5 Å². The lowest BCUT2D eigenvalue weighted by Gasteiger charge is -2.34. The summed E-state index contributed by atoms with van der Waals surface area (Å²) in [4.78, 5) is 18.7. The first-order valence-corrected chi connectivity index (χ1v) is 8.38. The van der Waals surface area contributed by atoms with Gasteiger partial charge in [0.05, 0.1) is 6.10 Å². The molecule has 0 aromatic heterocycles. The predicted molar refractivity (Wildman–Crippen MR) is 81.9 cm³/mol. The Balaban J connectivity index is 1.37. The van der Waals surface area contributed by atoms with Crippen LogP contribution in [0.15, 0.2) is 0 Å². The maximum Gasteiger partial charge on any atom is 0.225 e. The van der Waals surface area contributed by atoms with Gasteiger partial charge in [-0.1, -0.05) is 0 Å². The van der Waals surface area contributed by atoms with Crippen molar-refractivity contribution in [3.63, 3.8) is 0 Å². The lowest BCUT2D eigenvalue weighted by Crippen LogP contribution is -2.49. The Hall–Kier alpha value is -0.650. The van der Waals surface area contributed by atoms with E-state index in [-0.39, 0.29) is 11.8 Å². The van der Waals surface area contributed by atoms with E-state index in [0.29, 0.717) is 19.0 Å². The minimum Gasteiger partial charge on any atom is -0.390 e. The molecule has 0 aromatic rings. The van der Waals surface area contributed by atoms with Gasteiger partial charge in [-0.15, -0.1) is 0 Å². The van der Waals surface area contributed by atoms with E-state index in [1.807, 2.05) is 7.05 Å². The average Bonchev–Trinajstić information content (AvgIpc) is 3.31. The molecule has 1 heterocycles. The summed E-state index contributed by atoms with van der Waals surface area (Å²) in [6.45, 7) is 5.30. The number of likely N-dealkylation sites (N-methyl/N-ethyl adjacent to an activating group) is 2. The van der Waals surface area contributed by atoms with Crippen molar-refractivity contribution in [1.29, 1.82) is 0 Å². The molecule has 5 heteroatoms. The second-order valence-electron chi connectivity index (χ2n) is 7.32. The molecule has 1 N–H and O–H groups in total. The Labute approximate surface area is 127 Å². The molecule has 3 rings (SSSR count). The normalized spacial score (nSPS) is 32.0. The number of hydrogen-bond acceptors (Lipinski definition) is 4. The van der Waals surface area contributed by atoms with Crippen LogP contribution in [0.25, 0.3) is 0 Å². The van der Waals surface area contributed by atoms with E-state index in [2.05, 4.69) is 16.8 Å². The summed E-state index contributed by atoms with van der Waals surface area (Å²) in [5, 5.41) is 10.2. The van der Waals surface area contributed by atoms with Gasteiger partial charge < -0.3 is 14.9 Å². The van der Waals surface area contributed by atoms with E-state index in [1.165, 1.54) is 12.8 Å². The van der Waals surface area contributed by atoms with Gasteiger partial charge in [0.15, 0.2) is 0 Å². The van der Waals surface area contributed by atoms with Crippen molar-refractivity contribution in [2.75, 3.05) is 53.4 Å². The highest BCUT2D eigenvalue weighted by atomic mass is 16.3. The summed E-state index contributed by atoms with van der Waals surface area (Å²) in [5.41, 5.74) is 0. The third kappa shape index (κ3) is 3.96. The summed E-state index contributed by atoms with van der Waals surface area (Å²) in [5.74, 6) is 2.01. The van der Waals surface area contributed by atoms with E-state index in [1.54, 1.807) is 4.90 Å². The van der Waals surface area contributed by atoms with Crippen molar-refractivity contribution in [2.45, 2.75) is 25.4 Å². The van der Waals surface area contributed by atoms with Crippen LogP contribution in [0, 0.1) is 17.8 Å². The maximum absolute atomic E-state index is 12.3. The lowest BCUT2D eigenvalue weighted by atomic mass is 10.2. The van der Waals surface area contributed by atoms with Crippen molar-refractivity contribution < 1.29 is 9.90 Å². The fourth-order valence-corrected chi connectivity index (χ4v) is 3.62. The van der Waals surface area contributed by atoms with Gasteiger partial charge in [0, 0.05) is 52.2 Å². The molecule has 0 aromatic carbocycles. The van der Waals surface area contributed by atoms with Crippen LogP contribution in [-0.2, 0) is 4.79 Å². The molecule has 2 aliphatic carbocycles. The minimum absolute atomic E-state index is 0.254. The van der Waals surface area contributed by atoms with Crippen molar-refractivity contribution in [3.05, 3.63) is 0 Å². The number of aliphatic hydroxyl groups excluding tert-OH is 1. The van der Waals surface area contributed by atoms with Gasteiger partial charge in [0.1, 0.15) is 0 Å². The number of β-amino-alcohol motifs (C(OH)–C–C–N with tert-alkyl or cyclic N) is 1. The molecule has 120 valence electrons. The number of amides is 1. The quantitative estimate of drug-likeness (QED) is 0.755. The van der Waals surface area contributed by atoms with Gasteiger partial charge in [-0.25, -0.2) is 0 Å². The SMILES string of the molecule is CN1CCN(CC(O)CN(C)C(=O)C2CC2C2CC2)CC1. The zero-order chi connectivity index (χ0) is 15.0. The van der Waals surface area contributed by atoms with Crippen molar-refractivity contribution >= 4 is 5.91 Å². The van der Waals surface area contributed by atoms with Crippen LogP contribution >= 0.6 is 0 Å². The van der Waals surface area contributed by atoms with E-state index >= 15 is 0 Å². The summed E-state index contributed by atoms with van der Waals surface area (Å²) >= 11 is 0. The Bertz CT molecular complexity index is 378. The lowest BCUT2D eigenvalue weighted by molar-refractivity contribution is -0.133. The van der Waals surface area contributed by atoms with E-state index in [9.17, 15) is 9.90 Å². The van der Waals surface area contributed by atoms with Crippen molar-refractivity contribution in [2.24, 2.45) is 17.8 Å². The van der Waals surface area contributed by atoms with Crippen LogP contribution in [0.3, 0.4) is 0 Å². The van der Waals surface area contributed by atoms with Gasteiger partial charge in [0.25, 0.3) is 0 Å². The number of carbonyl (C=O) groups excluding carboxylic acids is 1. The number of carbonyl (C=O) groups is 1. The molecule has 5 nitrogen and oxygen atoms in total. The minimum atomic E-state index is -0.430. The van der Waals surface area contributed by atoms with Gasteiger partial charge in [-0.3, -0.25) is 9.69 Å². The molecule has 21 heavy (non-hydrogen) atoms. The summed E-state index contributed by atoms with van der Waals surface area (Å²) < 4.78 is 0. The zero-order valence-corrected chi connectivity index (χ0v) is 13.4. The third-order valence-corrected chi connectivity index (χ3v) is 5.31. The van der Waals surface area contributed by atoms with Crippen LogP contribution in [0.5, 0.6) is 0 Å². The molecule has 2 saturated carbocycles. The first kappa shape index (κ1) is 15.3. The highest BCUT2D eigenvalue weighted by molar-refractivity contribution is 5.81. The van der Waals surface area contributed by atoms with Gasteiger partial charge in [-0.05, 0) is 38.1 Å². The number of nitrogens with zero attached hydrogens (tertiary/aromatic N) is 3. The highest BCUT2D eigenvalue weighted by Crippen LogP contribution is 2.54. The predicted octanol–water partition coefficient (Wildman–Crippen LogP) is 0.0992. The van der Waals surface area contributed by atoms with Gasteiger partial charge in [0.2, 0.25) is 5.91 Å². The molecule has 1 aliphatic heterocycles. The maximum atomic E-state index is 12.3. The van der Waals surface area contributed by atoms with Crippen LogP contribution in [0.1, 0.15) is 19.3 Å². The number of aliphatic hydroxyl groups is 1. The molecular weight excluding hydrogens is 266 g/mol. The Morgan fingerprint density at radius 3 is 2.57 bits per heavy atom. The Kier molecular flexibility index (Phi) is 4.52. The number of hydrogen-bond donors (Lipinski definition) is 1. The molecule has 0 radical (unpaired) electrons. The largest absolute Gasteiger partial charge is 0.390 e. The first-order chi connectivity index (χ1) is 10.0. The highest BCUT2D eigenvalue weighted by Gasteiger charge is 2.51. The van der Waals surface area contributed by atoms with E-state index in [4.69, 9.17) is 0 Å². The molecule has 1 amide bonds. The standard InChI is InChI=1S/C16H29N3O2/c1-17-5-7-19(8-6-17)11-13(20)10-18(2)16(21)15-9-14(15)12-3-4-12/h12-15,20H,3-11H2,1-2H3. The topological polar surface area (TPSA) is 47.0 Å². The molecule has 1 saturated heterocycles. The molecule has 3 unspecified atom stereocenters. The van der Waals surface area contributed by atoms with Crippen molar-refractivity contribution in [3.8, 4) is 0 Å². The van der Waals surface area contributed by atoms with Crippen LogP contribution in [0.4, 0.5) is 0 Å². The fraction of sp³-hybridized carbons (Fsp3) is 0.938. The first-order valence-electron chi connectivity index (χ1n) is 8.38. The Morgan fingerprint density at radius 2 is 1.95 bits per heavy atom. The average molecular weight is 295 g/mol. The zero-order valence-electron chi connectivity index (χ0n) is 13.4. The molecular formula is C16H29N3O2. The van der Waals surface area contributed by atoms with E-state index < -0.39 is 6.10 Å². The fourth-order valence-electron chi connectivity index (χ4n) is 3.62. The summed E-state index contributed by atoms with van der Waals surface area (Å²) in [7, 11) is 3.98. The number of piperazine rings is 1. The molecule has 3 fully saturated rings. The van der Waals surface area contributed by atoms with Crippen LogP contribution in [0.2, 0.25) is 0 Å². The second kappa shape index (κ2) is 6.23. The van der Waals surface area contributed by atoms with Gasteiger partial charge in [-0.2, -0.15) is 0 Å². The molecule has 0 spiro atoms. The second-order valence-corrected chi connectivity index (χ2v) is 7.32. The summed E-state index contributed by atoms with van der Waals surface area (Å²) in [6.07, 6.45) is 3.30. The van der Waals surface area contributed by atoms with Gasteiger partial charge >= 0.3 is 0 Å². The monoisotopic (exact) mass is 295 g/mol. The molecule has 3 atom stereocenters. The van der Waals surface area contributed by atoms with Crippen LogP contribution in [-0.4, -0.2) is 85.2 Å². The smallest absolute Gasteiger partial charge is 0.225 e. The van der Waals surface area contributed by atoms with Crippen LogP contribution < -0.4 is 0 Å². The molecule has 3 aliphatic rings. The molecule has 0 bridgehead atoms. The third-order valence-electron chi connectivity index (χ3n) is 5.31.